The van der Waals surface area contributed by atoms with Crippen LogP contribution in [0.15, 0.2) is 0 Å². The first-order valence-electron chi connectivity index (χ1n) is 8.65. The van der Waals surface area contributed by atoms with Gasteiger partial charge >= 0.3 is 0 Å². The van der Waals surface area contributed by atoms with Crippen LogP contribution in [0.3, 0.4) is 0 Å². The van der Waals surface area contributed by atoms with Crippen LogP contribution < -0.4 is 5.32 Å². The molecule has 1 heterocycles. The zero-order valence-corrected chi connectivity index (χ0v) is 12.7. The molecule has 0 amide bonds. The molecular formula is C17H31NO. The fraction of sp³-hybridized carbons (Fsp3) is 1.00. The summed E-state index contributed by atoms with van der Waals surface area (Å²) in [4.78, 5) is 0. The lowest BCUT2D eigenvalue weighted by Crippen LogP contribution is -2.43. The van der Waals surface area contributed by atoms with E-state index >= 15 is 0 Å². The molecule has 0 bridgehead atoms. The van der Waals surface area contributed by atoms with Gasteiger partial charge in [-0.2, -0.15) is 0 Å². The van der Waals surface area contributed by atoms with Crippen LogP contribution in [-0.2, 0) is 4.74 Å². The van der Waals surface area contributed by atoms with E-state index < -0.39 is 0 Å². The van der Waals surface area contributed by atoms with E-state index in [1.807, 2.05) is 0 Å². The Bertz CT molecular complexity index is 292. The monoisotopic (exact) mass is 265 g/mol. The van der Waals surface area contributed by atoms with Crippen molar-refractivity contribution in [3.05, 3.63) is 0 Å². The molecule has 2 heteroatoms. The molecule has 0 aromatic heterocycles. The van der Waals surface area contributed by atoms with Crippen LogP contribution in [0.25, 0.3) is 0 Å². The predicted octanol–water partition coefficient (Wildman–Crippen LogP) is 4.04. The first kappa shape index (κ1) is 13.9. The summed E-state index contributed by atoms with van der Waals surface area (Å²) in [5, 5.41) is 3.66. The highest BCUT2D eigenvalue weighted by atomic mass is 16.5. The van der Waals surface area contributed by atoms with Gasteiger partial charge in [-0.3, -0.25) is 0 Å². The maximum atomic E-state index is 6.52. The average molecular weight is 265 g/mol. The second kappa shape index (κ2) is 5.73. The lowest BCUT2D eigenvalue weighted by molar-refractivity contribution is -0.0639. The lowest BCUT2D eigenvalue weighted by atomic mass is 9.65. The van der Waals surface area contributed by atoms with Crippen molar-refractivity contribution < 1.29 is 4.74 Å². The highest BCUT2D eigenvalue weighted by molar-refractivity contribution is 4.97. The number of hydrogen-bond acceptors (Lipinski definition) is 2. The molecule has 1 aliphatic heterocycles. The molecule has 1 atom stereocenters. The largest absolute Gasteiger partial charge is 0.372 e. The molecule has 3 aliphatic rings. The molecule has 0 aromatic rings. The summed E-state index contributed by atoms with van der Waals surface area (Å²) in [5.74, 6) is 0. The SMILES string of the molecule is CCCNCC1(CC2CCC3(CCCC3)O2)CCC1. The molecule has 2 aliphatic carbocycles. The van der Waals surface area contributed by atoms with E-state index in [1.54, 1.807) is 0 Å². The number of rotatable bonds is 6. The normalized spacial score (nSPS) is 31.7. The van der Waals surface area contributed by atoms with Crippen LogP contribution in [-0.4, -0.2) is 24.8 Å². The van der Waals surface area contributed by atoms with E-state index in [0.717, 1.165) is 0 Å². The van der Waals surface area contributed by atoms with Crippen molar-refractivity contribution in [2.24, 2.45) is 5.41 Å². The quantitative estimate of drug-likeness (QED) is 0.732. The standard InChI is InChI=1S/C17H31NO/c1-2-12-18-14-16(7-5-8-16)13-15-6-11-17(19-15)9-3-4-10-17/h15,18H,2-14H2,1H3. The summed E-state index contributed by atoms with van der Waals surface area (Å²) < 4.78 is 6.52. The molecule has 2 saturated carbocycles. The topological polar surface area (TPSA) is 21.3 Å². The third-order valence-corrected chi connectivity index (χ3v) is 5.86. The van der Waals surface area contributed by atoms with E-state index in [0.29, 0.717) is 17.1 Å². The summed E-state index contributed by atoms with van der Waals surface area (Å²) in [6.45, 7) is 4.66. The summed E-state index contributed by atoms with van der Waals surface area (Å²) in [5.41, 5.74) is 0.913. The molecule has 110 valence electrons. The zero-order valence-electron chi connectivity index (χ0n) is 12.7. The van der Waals surface area contributed by atoms with Crippen LogP contribution in [0.5, 0.6) is 0 Å². The highest BCUT2D eigenvalue weighted by Crippen LogP contribution is 2.50. The molecule has 1 unspecified atom stereocenters. The Labute approximate surface area is 118 Å². The van der Waals surface area contributed by atoms with E-state index in [-0.39, 0.29) is 0 Å². The van der Waals surface area contributed by atoms with Gasteiger partial charge in [0.2, 0.25) is 0 Å². The molecule has 3 fully saturated rings. The molecule has 0 radical (unpaired) electrons. The first-order valence-corrected chi connectivity index (χ1v) is 8.65. The van der Waals surface area contributed by atoms with Gasteiger partial charge in [0.1, 0.15) is 0 Å². The minimum Gasteiger partial charge on any atom is -0.372 e. The summed E-state index contributed by atoms with van der Waals surface area (Å²) >= 11 is 0. The lowest BCUT2D eigenvalue weighted by Gasteiger charge is -2.44. The highest BCUT2D eigenvalue weighted by Gasteiger charge is 2.46. The Hall–Kier alpha value is -0.0800. The zero-order chi connectivity index (χ0) is 13.2. The Morgan fingerprint density at radius 1 is 1.05 bits per heavy atom. The summed E-state index contributed by atoms with van der Waals surface area (Å²) in [6, 6.07) is 0. The van der Waals surface area contributed by atoms with Gasteiger partial charge in [0.15, 0.2) is 0 Å². The van der Waals surface area contributed by atoms with Gasteiger partial charge in [0.05, 0.1) is 11.7 Å². The van der Waals surface area contributed by atoms with Crippen LogP contribution in [0.1, 0.15) is 77.6 Å². The average Bonchev–Trinajstić information content (AvgIpc) is 2.97. The van der Waals surface area contributed by atoms with Gasteiger partial charge in [-0.25, -0.2) is 0 Å². The second-order valence-electron chi connectivity index (χ2n) is 7.40. The first-order chi connectivity index (χ1) is 9.26. The van der Waals surface area contributed by atoms with Gasteiger partial charge in [-0.15, -0.1) is 0 Å². The Morgan fingerprint density at radius 2 is 1.84 bits per heavy atom. The maximum absolute atomic E-state index is 6.52. The molecule has 1 spiro atoms. The van der Waals surface area contributed by atoms with Crippen LogP contribution >= 0.6 is 0 Å². The van der Waals surface area contributed by atoms with Crippen molar-refractivity contribution in [1.29, 1.82) is 0 Å². The summed E-state index contributed by atoms with van der Waals surface area (Å²) in [6.07, 6.45) is 15.6. The van der Waals surface area contributed by atoms with Gasteiger partial charge in [-0.1, -0.05) is 26.2 Å². The predicted molar refractivity (Wildman–Crippen MR) is 79.4 cm³/mol. The van der Waals surface area contributed by atoms with Crippen LogP contribution in [0.4, 0.5) is 0 Å². The smallest absolute Gasteiger partial charge is 0.0687 e. The third kappa shape index (κ3) is 3.00. The van der Waals surface area contributed by atoms with Crippen molar-refractivity contribution in [3.8, 4) is 0 Å². The number of hydrogen-bond donors (Lipinski definition) is 1. The van der Waals surface area contributed by atoms with Gasteiger partial charge in [-0.05, 0) is 63.3 Å². The molecule has 3 rings (SSSR count). The van der Waals surface area contributed by atoms with Crippen molar-refractivity contribution in [1.82, 2.24) is 5.32 Å². The fourth-order valence-corrected chi connectivity index (χ4v) is 4.57. The van der Waals surface area contributed by atoms with E-state index in [9.17, 15) is 0 Å². The fourth-order valence-electron chi connectivity index (χ4n) is 4.57. The minimum atomic E-state index is 0.326. The maximum Gasteiger partial charge on any atom is 0.0687 e. The van der Waals surface area contributed by atoms with Gasteiger partial charge < -0.3 is 10.1 Å². The molecule has 19 heavy (non-hydrogen) atoms. The molecule has 0 aromatic carbocycles. The van der Waals surface area contributed by atoms with Gasteiger partial charge in [0.25, 0.3) is 0 Å². The number of nitrogens with one attached hydrogen (secondary N) is 1. The van der Waals surface area contributed by atoms with Crippen LogP contribution in [0, 0.1) is 5.41 Å². The number of ether oxygens (including phenoxy) is 1. The molecular weight excluding hydrogens is 234 g/mol. The van der Waals surface area contributed by atoms with Crippen molar-refractivity contribution in [2.75, 3.05) is 13.1 Å². The molecule has 1 saturated heterocycles. The van der Waals surface area contributed by atoms with E-state index in [1.165, 1.54) is 83.7 Å². The van der Waals surface area contributed by atoms with Crippen molar-refractivity contribution in [3.63, 3.8) is 0 Å². The Kier molecular flexibility index (Phi) is 4.19. The van der Waals surface area contributed by atoms with E-state index in [4.69, 9.17) is 4.74 Å². The minimum absolute atomic E-state index is 0.326. The van der Waals surface area contributed by atoms with Gasteiger partial charge in [0, 0.05) is 6.54 Å². The molecule has 2 nitrogen and oxygen atoms in total. The Morgan fingerprint density at radius 3 is 2.47 bits per heavy atom. The van der Waals surface area contributed by atoms with Crippen molar-refractivity contribution >= 4 is 0 Å². The summed E-state index contributed by atoms with van der Waals surface area (Å²) in [7, 11) is 0. The molecule has 1 N–H and O–H groups in total. The van der Waals surface area contributed by atoms with Crippen molar-refractivity contribution in [2.45, 2.75) is 89.3 Å². The second-order valence-corrected chi connectivity index (χ2v) is 7.40. The van der Waals surface area contributed by atoms with Crippen LogP contribution in [0.2, 0.25) is 0 Å². The Balaban J connectivity index is 1.49. The van der Waals surface area contributed by atoms with E-state index in [2.05, 4.69) is 12.2 Å². The third-order valence-electron chi connectivity index (χ3n) is 5.86.